The van der Waals surface area contributed by atoms with E-state index in [1.54, 1.807) is 13.8 Å². The highest BCUT2D eigenvalue weighted by molar-refractivity contribution is 5.88. The number of ether oxygens (including phenoxy) is 1. The molecule has 0 saturated carbocycles. The molecule has 1 N–H and O–H groups in total. The molecule has 120 valence electrons. The first-order valence-electron chi connectivity index (χ1n) is 6.93. The van der Waals surface area contributed by atoms with E-state index in [2.05, 4.69) is 4.98 Å². The summed E-state index contributed by atoms with van der Waals surface area (Å²) in [5.41, 5.74) is -0.846. The Labute approximate surface area is 125 Å². The van der Waals surface area contributed by atoms with Crippen LogP contribution in [0.3, 0.4) is 0 Å². The Kier molecular flexibility index (Phi) is 4.45. The Bertz CT molecular complexity index is 830. The Morgan fingerprint density at radius 1 is 1.18 bits per heavy atom. The van der Waals surface area contributed by atoms with Crippen molar-refractivity contribution in [2.75, 3.05) is 13.7 Å². The van der Waals surface area contributed by atoms with Gasteiger partial charge in [0.2, 0.25) is 5.82 Å². The number of aromatic nitrogens is 4. The standard InChI is InChI=1S/C13H18N4O5/c1-4-15-8-9(14-10(15)12(19)20)17(6-7-22-3)13(21)16(5-2)11(8)18/h4-7H2,1-3H3,(H,19,20). The van der Waals surface area contributed by atoms with Crippen LogP contribution in [0.15, 0.2) is 9.59 Å². The number of aromatic carboxylic acids is 1. The highest BCUT2D eigenvalue weighted by Crippen LogP contribution is 2.12. The summed E-state index contributed by atoms with van der Waals surface area (Å²) in [4.78, 5) is 40.2. The van der Waals surface area contributed by atoms with Crippen molar-refractivity contribution in [3.63, 3.8) is 0 Å². The van der Waals surface area contributed by atoms with Gasteiger partial charge in [-0.15, -0.1) is 0 Å². The molecular weight excluding hydrogens is 292 g/mol. The summed E-state index contributed by atoms with van der Waals surface area (Å²) in [5.74, 6) is -1.50. The molecule has 0 unspecified atom stereocenters. The number of carboxylic acids is 1. The number of carbonyl (C=O) groups is 1. The van der Waals surface area contributed by atoms with Crippen molar-refractivity contribution in [2.45, 2.75) is 33.5 Å². The van der Waals surface area contributed by atoms with Crippen molar-refractivity contribution in [1.29, 1.82) is 0 Å². The monoisotopic (exact) mass is 310 g/mol. The van der Waals surface area contributed by atoms with Gasteiger partial charge in [-0.1, -0.05) is 0 Å². The zero-order chi connectivity index (χ0) is 16.4. The summed E-state index contributed by atoms with van der Waals surface area (Å²) in [6.45, 7) is 4.29. The van der Waals surface area contributed by atoms with Crippen molar-refractivity contribution >= 4 is 17.1 Å². The molecule has 0 saturated heterocycles. The molecule has 9 heteroatoms. The Balaban J connectivity index is 2.96. The molecule has 22 heavy (non-hydrogen) atoms. The maximum atomic E-state index is 12.5. The molecule has 2 heterocycles. The molecule has 0 aliphatic rings. The number of nitrogens with zero attached hydrogens (tertiary/aromatic N) is 4. The van der Waals surface area contributed by atoms with E-state index in [0.717, 1.165) is 4.57 Å². The number of methoxy groups -OCH3 is 1. The van der Waals surface area contributed by atoms with Gasteiger partial charge >= 0.3 is 11.7 Å². The number of hydrogen-bond acceptors (Lipinski definition) is 5. The first kappa shape index (κ1) is 16.0. The third-order valence-corrected chi connectivity index (χ3v) is 3.46. The second kappa shape index (κ2) is 6.14. The maximum Gasteiger partial charge on any atom is 0.372 e. The largest absolute Gasteiger partial charge is 0.475 e. The van der Waals surface area contributed by atoms with Gasteiger partial charge in [0, 0.05) is 20.2 Å². The fraction of sp³-hybridized carbons (Fsp3) is 0.538. The third kappa shape index (κ3) is 2.33. The maximum absolute atomic E-state index is 12.5. The zero-order valence-electron chi connectivity index (χ0n) is 12.7. The molecule has 0 fully saturated rings. The number of imidazole rings is 1. The predicted molar refractivity (Wildman–Crippen MR) is 78.4 cm³/mol. The Morgan fingerprint density at radius 2 is 1.82 bits per heavy atom. The summed E-state index contributed by atoms with van der Waals surface area (Å²) >= 11 is 0. The summed E-state index contributed by atoms with van der Waals surface area (Å²) < 4.78 is 8.63. The Morgan fingerprint density at radius 3 is 2.32 bits per heavy atom. The molecule has 2 aromatic heterocycles. The fourth-order valence-electron chi connectivity index (χ4n) is 2.42. The van der Waals surface area contributed by atoms with Crippen LogP contribution in [0.1, 0.15) is 24.5 Å². The van der Waals surface area contributed by atoms with Crippen molar-refractivity contribution in [3.05, 3.63) is 26.7 Å². The average molecular weight is 310 g/mol. The van der Waals surface area contributed by atoms with Gasteiger partial charge in [-0.25, -0.2) is 14.6 Å². The molecule has 0 aliphatic carbocycles. The van der Waals surface area contributed by atoms with Gasteiger partial charge < -0.3 is 14.4 Å². The van der Waals surface area contributed by atoms with Gasteiger partial charge in [0.1, 0.15) is 0 Å². The first-order chi connectivity index (χ1) is 10.5. The van der Waals surface area contributed by atoms with Crippen LogP contribution in [0.5, 0.6) is 0 Å². The predicted octanol–water partition coefficient (Wildman–Crippen LogP) is -0.256. The molecule has 0 aliphatic heterocycles. The number of hydrogen-bond donors (Lipinski definition) is 1. The minimum atomic E-state index is -1.24. The molecule has 9 nitrogen and oxygen atoms in total. The SMILES string of the molecule is CCn1c(=O)c2c(nc(C(=O)O)n2CC)n(CCOC)c1=O. The molecule has 0 amide bonds. The minimum Gasteiger partial charge on any atom is -0.475 e. The van der Waals surface area contributed by atoms with Crippen LogP contribution in [0.2, 0.25) is 0 Å². The van der Waals surface area contributed by atoms with Crippen LogP contribution in [0.4, 0.5) is 0 Å². The lowest BCUT2D eigenvalue weighted by molar-refractivity contribution is 0.0679. The van der Waals surface area contributed by atoms with Crippen molar-refractivity contribution in [1.82, 2.24) is 18.7 Å². The van der Waals surface area contributed by atoms with Crippen LogP contribution in [0, 0.1) is 0 Å². The molecule has 0 aromatic carbocycles. The minimum absolute atomic E-state index is 0.0796. The summed E-state index contributed by atoms with van der Waals surface area (Å²) in [6.07, 6.45) is 0. The lowest BCUT2D eigenvalue weighted by atomic mass is 10.4. The van der Waals surface area contributed by atoms with E-state index in [1.165, 1.54) is 16.2 Å². The smallest absolute Gasteiger partial charge is 0.372 e. The second-order valence-corrected chi connectivity index (χ2v) is 4.63. The van der Waals surface area contributed by atoms with Crippen molar-refractivity contribution in [3.8, 4) is 0 Å². The highest BCUT2D eigenvalue weighted by Gasteiger charge is 2.23. The van der Waals surface area contributed by atoms with Gasteiger partial charge in [-0.3, -0.25) is 13.9 Å². The topological polar surface area (TPSA) is 108 Å². The fourth-order valence-corrected chi connectivity index (χ4v) is 2.42. The second-order valence-electron chi connectivity index (χ2n) is 4.63. The molecule has 0 bridgehead atoms. The van der Waals surface area contributed by atoms with E-state index in [0.29, 0.717) is 0 Å². The van der Waals surface area contributed by atoms with E-state index < -0.39 is 17.2 Å². The van der Waals surface area contributed by atoms with Crippen LogP contribution in [-0.2, 0) is 24.4 Å². The van der Waals surface area contributed by atoms with Gasteiger partial charge in [-0.2, -0.15) is 0 Å². The molecule has 0 atom stereocenters. The van der Waals surface area contributed by atoms with Crippen LogP contribution < -0.4 is 11.2 Å². The van der Waals surface area contributed by atoms with Crippen LogP contribution >= 0.6 is 0 Å². The van der Waals surface area contributed by atoms with Crippen LogP contribution in [-0.4, -0.2) is 43.5 Å². The molecule has 2 aromatic rings. The summed E-state index contributed by atoms with van der Waals surface area (Å²) in [5, 5.41) is 9.25. The van der Waals surface area contributed by atoms with Gasteiger partial charge in [-0.05, 0) is 13.8 Å². The third-order valence-electron chi connectivity index (χ3n) is 3.46. The summed E-state index contributed by atoms with van der Waals surface area (Å²) in [6, 6.07) is 0. The van der Waals surface area contributed by atoms with E-state index in [4.69, 9.17) is 4.74 Å². The van der Waals surface area contributed by atoms with Gasteiger partial charge in [0.25, 0.3) is 5.56 Å². The van der Waals surface area contributed by atoms with Crippen molar-refractivity contribution in [2.24, 2.45) is 0 Å². The highest BCUT2D eigenvalue weighted by atomic mass is 16.5. The van der Waals surface area contributed by atoms with E-state index in [1.807, 2.05) is 0 Å². The van der Waals surface area contributed by atoms with Crippen LogP contribution in [0.25, 0.3) is 11.2 Å². The lowest BCUT2D eigenvalue weighted by Gasteiger charge is -2.10. The van der Waals surface area contributed by atoms with E-state index in [9.17, 15) is 19.5 Å². The zero-order valence-corrected chi connectivity index (χ0v) is 12.7. The molecule has 2 rings (SSSR count). The quantitative estimate of drug-likeness (QED) is 0.787. The Hall–Kier alpha value is -2.42. The number of aryl methyl sites for hydroxylation is 1. The number of rotatable bonds is 6. The molecule has 0 radical (unpaired) electrons. The van der Waals surface area contributed by atoms with E-state index >= 15 is 0 Å². The van der Waals surface area contributed by atoms with Gasteiger partial charge in [0.05, 0.1) is 13.2 Å². The van der Waals surface area contributed by atoms with Crippen molar-refractivity contribution < 1.29 is 14.6 Å². The van der Waals surface area contributed by atoms with Gasteiger partial charge in [0.15, 0.2) is 11.2 Å². The summed E-state index contributed by atoms with van der Waals surface area (Å²) in [7, 11) is 1.49. The first-order valence-corrected chi connectivity index (χ1v) is 6.93. The number of carboxylic acid groups (broad SMARTS) is 1. The molecular formula is C13H18N4O5. The van der Waals surface area contributed by atoms with E-state index in [-0.39, 0.29) is 43.2 Å². The lowest BCUT2D eigenvalue weighted by Crippen LogP contribution is -2.40. The average Bonchev–Trinajstić information content (AvgIpc) is 2.87. The normalized spacial score (nSPS) is 11.2. The molecule has 0 spiro atoms. The number of fused-ring (bicyclic) bond motifs is 1.